The van der Waals surface area contributed by atoms with Gasteiger partial charge in [-0.3, -0.25) is 4.79 Å². The summed E-state index contributed by atoms with van der Waals surface area (Å²) in [4.78, 5) is 10.5. The summed E-state index contributed by atoms with van der Waals surface area (Å²) in [6, 6.07) is 6.73. The van der Waals surface area contributed by atoms with E-state index in [1.165, 1.54) is 0 Å². The Bertz CT molecular complexity index is 346. The van der Waals surface area contributed by atoms with E-state index in [0.717, 1.165) is 11.3 Å². The van der Waals surface area contributed by atoms with Crippen molar-refractivity contribution in [2.75, 3.05) is 0 Å². The third-order valence-electron chi connectivity index (χ3n) is 2.07. The number of ether oxygens (including phenoxy) is 1. The minimum Gasteiger partial charge on any atom is -0.491 e. The average molecular weight is 223 g/mol. The first-order chi connectivity index (χ1) is 7.49. The molecule has 0 radical (unpaired) electrons. The number of carboxylic acid groups (broad SMARTS) is 1. The lowest BCUT2D eigenvalue weighted by Gasteiger charge is -2.12. The lowest BCUT2D eigenvalue weighted by atomic mass is 10.0. The van der Waals surface area contributed by atoms with Crippen molar-refractivity contribution in [2.45, 2.75) is 32.4 Å². The molecule has 0 saturated carbocycles. The molecule has 0 bridgehead atoms. The van der Waals surface area contributed by atoms with Crippen LogP contribution in [0.3, 0.4) is 0 Å². The number of aliphatic carboxylic acids is 1. The number of nitrogens with two attached hydrogens (primary N) is 1. The highest BCUT2D eigenvalue weighted by Gasteiger charge is 2.10. The number of benzene rings is 1. The zero-order valence-electron chi connectivity index (χ0n) is 9.51. The third kappa shape index (κ3) is 3.90. The number of carbonyl (C=O) groups is 1. The monoisotopic (exact) mass is 223 g/mol. The van der Waals surface area contributed by atoms with Gasteiger partial charge in [-0.15, -0.1) is 0 Å². The van der Waals surface area contributed by atoms with Gasteiger partial charge in [-0.1, -0.05) is 12.1 Å². The van der Waals surface area contributed by atoms with Gasteiger partial charge in [0.05, 0.1) is 12.5 Å². The summed E-state index contributed by atoms with van der Waals surface area (Å²) >= 11 is 0. The molecule has 0 saturated heterocycles. The Kier molecular flexibility index (Phi) is 4.31. The highest BCUT2D eigenvalue weighted by molar-refractivity contribution is 5.67. The summed E-state index contributed by atoms with van der Waals surface area (Å²) in [6.07, 6.45) is 0.0586. The first kappa shape index (κ1) is 12.5. The zero-order valence-corrected chi connectivity index (χ0v) is 9.51. The van der Waals surface area contributed by atoms with E-state index in [2.05, 4.69) is 0 Å². The maximum absolute atomic E-state index is 10.5. The van der Waals surface area contributed by atoms with E-state index in [4.69, 9.17) is 15.6 Å². The lowest BCUT2D eigenvalue weighted by Crippen LogP contribution is -2.15. The van der Waals surface area contributed by atoms with Crippen LogP contribution < -0.4 is 10.5 Å². The highest BCUT2D eigenvalue weighted by Crippen LogP contribution is 2.19. The quantitative estimate of drug-likeness (QED) is 0.800. The van der Waals surface area contributed by atoms with Crippen LogP contribution in [0.25, 0.3) is 0 Å². The molecule has 1 rings (SSSR count). The molecule has 0 aromatic heterocycles. The smallest absolute Gasteiger partial charge is 0.305 e. The Morgan fingerprint density at radius 1 is 1.38 bits per heavy atom. The molecule has 88 valence electrons. The van der Waals surface area contributed by atoms with Gasteiger partial charge in [0.25, 0.3) is 0 Å². The molecular formula is C12H17NO3. The normalized spacial score (nSPS) is 12.5. The second-order valence-corrected chi connectivity index (χ2v) is 3.94. The van der Waals surface area contributed by atoms with Gasteiger partial charge in [-0.25, -0.2) is 0 Å². The van der Waals surface area contributed by atoms with Crippen LogP contribution in [0, 0.1) is 0 Å². The molecule has 0 unspecified atom stereocenters. The molecule has 0 heterocycles. The molecule has 1 aromatic carbocycles. The van der Waals surface area contributed by atoms with E-state index in [9.17, 15) is 4.79 Å². The topological polar surface area (TPSA) is 72.5 Å². The molecule has 1 atom stereocenters. The third-order valence-corrected chi connectivity index (χ3v) is 2.07. The van der Waals surface area contributed by atoms with E-state index >= 15 is 0 Å². The highest BCUT2D eigenvalue weighted by atomic mass is 16.5. The predicted octanol–water partition coefficient (Wildman–Crippen LogP) is 1.95. The SMILES string of the molecule is CC(C)Oc1ccc([C@@H](N)CC(=O)O)cc1. The number of hydrogen-bond donors (Lipinski definition) is 2. The Balaban J connectivity index is 2.66. The molecular weight excluding hydrogens is 206 g/mol. The zero-order chi connectivity index (χ0) is 12.1. The number of hydrogen-bond acceptors (Lipinski definition) is 3. The van der Waals surface area contributed by atoms with Crippen LogP contribution in [0.15, 0.2) is 24.3 Å². The maximum Gasteiger partial charge on any atom is 0.305 e. The van der Waals surface area contributed by atoms with Gasteiger partial charge in [0.15, 0.2) is 0 Å². The second kappa shape index (κ2) is 5.51. The Labute approximate surface area is 95.0 Å². The van der Waals surface area contributed by atoms with Crippen molar-refractivity contribution in [1.82, 2.24) is 0 Å². The summed E-state index contributed by atoms with van der Waals surface area (Å²) in [5.41, 5.74) is 6.53. The predicted molar refractivity (Wildman–Crippen MR) is 61.4 cm³/mol. The molecule has 0 spiro atoms. The Hall–Kier alpha value is -1.55. The van der Waals surface area contributed by atoms with E-state index in [0.29, 0.717) is 0 Å². The summed E-state index contributed by atoms with van der Waals surface area (Å²) in [6.45, 7) is 3.90. The Morgan fingerprint density at radius 2 is 1.94 bits per heavy atom. The standard InChI is InChI=1S/C12H17NO3/c1-8(2)16-10-5-3-9(4-6-10)11(13)7-12(14)15/h3-6,8,11H,7,13H2,1-2H3,(H,14,15)/t11-/m0/s1. The van der Waals surface area contributed by atoms with Gasteiger partial charge >= 0.3 is 5.97 Å². The maximum atomic E-state index is 10.5. The molecule has 0 amide bonds. The van der Waals surface area contributed by atoms with Gasteiger partial charge in [-0.2, -0.15) is 0 Å². The van der Waals surface area contributed by atoms with E-state index in [-0.39, 0.29) is 12.5 Å². The summed E-state index contributed by atoms with van der Waals surface area (Å²) < 4.78 is 5.47. The molecule has 4 nitrogen and oxygen atoms in total. The van der Waals surface area contributed by atoms with Crippen LogP contribution in [-0.2, 0) is 4.79 Å². The van der Waals surface area contributed by atoms with E-state index < -0.39 is 12.0 Å². The van der Waals surface area contributed by atoms with Gasteiger partial charge < -0.3 is 15.6 Å². The fraction of sp³-hybridized carbons (Fsp3) is 0.417. The van der Waals surface area contributed by atoms with Crippen LogP contribution in [0.2, 0.25) is 0 Å². The van der Waals surface area contributed by atoms with Crippen molar-refractivity contribution in [2.24, 2.45) is 5.73 Å². The van der Waals surface area contributed by atoms with Gasteiger partial charge in [-0.05, 0) is 31.5 Å². The molecule has 16 heavy (non-hydrogen) atoms. The van der Waals surface area contributed by atoms with Crippen LogP contribution in [-0.4, -0.2) is 17.2 Å². The largest absolute Gasteiger partial charge is 0.491 e. The fourth-order valence-electron chi connectivity index (χ4n) is 1.37. The number of rotatable bonds is 5. The minimum absolute atomic E-state index is 0.0651. The minimum atomic E-state index is -0.894. The van der Waals surface area contributed by atoms with Gasteiger partial charge in [0.1, 0.15) is 5.75 Å². The van der Waals surface area contributed by atoms with Crippen molar-refractivity contribution in [3.8, 4) is 5.75 Å². The van der Waals surface area contributed by atoms with Crippen molar-refractivity contribution in [3.63, 3.8) is 0 Å². The molecule has 1 aromatic rings. The fourth-order valence-corrected chi connectivity index (χ4v) is 1.37. The molecule has 3 N–H and O–H groups in total. The van der Waals surface area contributed by atoms with Crippen molar-refractivity contribution in [1.29, 1.82) is 0 Å². The van der Waals surface area contributed by atoms with Gasteiger partial charge in [0.2, 0.25) is 0 Å². The van der Waals surface area contributed by atoms with Crippen LogP contribution >= 0.6 is 0 Å². The Morgan fingerprint density at radius 3 is 2.38 bits per heavy atom. The van der Waals surface area contributed by atoms with Crippen LogP contribution in [0.4, 0.5) is 0 Å². The summed E-state index contributed by atoms with van der Waals surface area (Å²) in [5.74, 6) is -0.128. The molecule has 0 aliphatic heterocycles. The van der Waals surface area contributed by atoms with Crippen LogP contribution in [0.5, 0.6) is 5.75 Å². The van der Waals surface area contributed by atoms with E-state index in [1.807, 2.05) is 13.8 Å². The van der Waals surface area contributed by atoms with Crippen molar-refractivity contribution in [3.05, 3.63) is 29.8 Å². The average Bonchev–Trinajstić information content (AvgIpc) is 2.16. The first-order valence-electron chi connectivity index (χ1n) is 5.23. The summed E-state index contributed by atoms with van der Waals surface area (Å²) in [5, 5.41) is 8.61. The van der Waals surface area contributed by atoms with Crippen LogP contribution in [0.1, 0.15) is 31.9 Å². The summed E-state index contributed by atoms with van der Waals surface area (Å²) in [7, 11) is 0. The molecule has 4 heteroatoms. The molecule has 0 fully saturated rings. The number of carboxylic acids is 1. The van der Waals surface area contributed by atoms with E-state index in [1.54, 1.807) is 24.3 Å². The second-order valence-electron chi connectivity index (χ2n) is 3.94. The first-order valence-corrected chi connectivity index (χ1v) is 5.23. The molecule has 0 aliphatic rings. The van der Waals surface area contributed by atoms with Crippen molar-refractivity contribution < 1.29 is 14.6 Å². The lowest BCUT2D eigenvalue weighted by molar-refractivity contribution is -0.137. The molecule has 0 aliphatic carbocycles. The van der Waals surface area contributed by atoms with Gasteiger partial charge in [0, 0.05) is 6.04 Å². The van der Waals surface area contributed by atoms with Crippen molar-refractivity contribution >= 4 is 5.97 Å².